The fourth-order valence-electron chi connectivity index (χ4n) is 2.19. The Morgan fingerprint density at radius 2 is 2.14 bits per heavy atom. The molecule has 1 heterocycles. The lowest BCUT2D eigenvalue weighted by atomic mass is 10.1. The SMILES string of the molecule is O=C(COC(=O)Cc1cccc(F)c1)N[C@@H]1CCS(=O)(=O)C1. The first-order chi connectivity index (χ1) is 10.3. The minimum atomic E-state index is -3.08. The minimum Gasteiger partial charge on any atom is -0.455 e. The molecule has 0 saturated carbocycles. The number of nitrogens with one attached hydrogen (secondary N) is 1. The van der Waals surface area contributed by atoms with Crippen molar-refractivity contribution in [2.45, 2.75) is 18.9 Å². The van der Waals surface area contributed by atoms with Gasteiger partial charge in [0, 0.05) is 6.04 Å². The van der Waals surface area contributed by atoms with Gasteiger partial charge in [0.1, 0.15) is 5.82 Å². The van der Waals surface area contributed by atoms with Crippen LogP contribution in [0.4, 0.5) is 4.39 Å². The van der Waals surface area contributed by atoms with E-state index in [1.54, 1.807) is 6.07 Å². The van der Waals surface area contributed by atoms with Gasteiger partial charge in [-0.1, -0.05) is 12.1 Å². The van der Waals surface area contributed by atoms with Crippen molar-refractivity contribution < 1.29 is 27.1 Å². The summed E-state index contributed by atoms with van der Waals surface area (Å²) in [6.45, 7) is -0.481. The van der Waals surface area contributed by atoms with Gasteiger partial charge in [-0.25, -0.2) is 12.8 Å². The molecule has 1 N–H and O–H groups in total. The number of halogens is 1. The Kier molecular flexibility index (Phi) is 5.12. The van der Waals surface area contributed by atoms with Crippen molar-refractivity contribution in [3.63, 3.8) is 0 Å². The first kappa shape index (κ1) is 16.4. The van der Waals surface area contributed by atoms with Crippen LogP contribution in [0.25, 0.3) is 0 Å². The number of sulfone groups is 1. The highest BCUT2D eigenvalue weighted by Crippen LogP contribution is 2.11. The van der Waals surface area contributed by atoms with Crippen LogP contribution in [0.15, 0.2) is 24.3 Å². The van der Waals surface area contributed by atoms with Gasteiger partial charge in [-0.2, -0.15) is 0 Å². The molecule has 1 aliphatic rings. The number of rotatable bonds is 5. The molecule has 8 heteroatoms. The monoisotopic (exact) mass is 329 g/mol. The summed E-state index contributed by atoms with van der Waals surface area (Å²) in [5.74, 6) is -1.69. The molecule has 0 aromatic heterocycles. The maximum Gasteiger partial charge on any atom is 0.310 e. The van der Waals surface area contributed by atoms with Gasteiger partial charge in [-0.05, 0) is 24.1 Å². The second-order valence-electron chi connectivity index (χ2n) is 5.13. The highest BCUT2D eigenvalue weighted by molar-refractivity contribution is 7.91. The number of benzene rings is 1. The summed E-state index contributed by atoms with van der Waals surface area (Å²) in [6, 6.07) is 5.10. The largest absolute Gasteiger partial charge is 0.455 e. The lowest BCUT2D eigenvalue weighted by Gasteiger charge is -2.11. The Morgan fingerprint density at radius 3 is 2.77 bits per heavy atom. The quantitative estimate of drug-likeness (QED) is 0.780. The average molecular weight is 329 g/mol. The third-order valence-corrected chi connectivity index (χ3v) is 4.97. The summed E-state index contributed by atoms with van der Waals surface area (Å²) in [7, 11) is -3.08. The van der Waals surface area contributed by atoms with Crippen LogP contribution in [-0.2, 0) is 30.6 Å². The zero-order valence-electron chi connectivity index (χ0n) is 11.7. The molecule has 0 spiro atoms. The van der Waals surface area contributed by atoms with Crippen LogP contribution < -0.4 is 5.32 Å². The predicted molar refractivity (Wildman–Crippen MR) is 76.3 cm³/mol. The van der Waals surface area contributed by atoms with Crippen LogP contribution in [0.2, 0.25) is 0 Å². The topological polar surface area (TPSA) is 89.5 Å². The Balaban J connectivity index is 1.73. The molecule has 1 atom stereocenters. The Labute approximate surface area is 127 Å². The molecule has 1 aromatic rings. The maximum absolute atomic E-state index is 13.0. The van der Waals surface area contributed by atoms with Gasteiger partial charge in [-0.15, -0.1) is 0 Å². The van der Waals surface area contributed by atoms with Crippen molar-refractivity contribution in [3.05, 3.63) is 35.6 Å². The minimum absolute atomic E-state index is 0.0529. The zero-order chi connectivity index (χ0) is 16.2. The van der Waals surface area contributed by atoms with Gasteiger partial charge < -0.3 is 10.1 Å². The van der Waals surface area contributed by atoms with E-state index in [2.05, 4.69) is 5.32 Å². The molecule has 2 rings (SSSR count). The van der Waals surface area contributed by atoms with Gasteiger partial charge in [0.25, 0.3) is 5.91 Å². The van der Waals surface area contributed by atoms with E-state index in [1.807, 2.05) is 0 Å². The van der Waals surface area contributed by atoms with E-state index < -0.39 is 40.2 Å². The van der Waals surface area contributed by atoms with Crippen molar-refractivity contribution in [1.29, 1.82) is 0 Å². The molecule has 1 aromatic carbocycles. The number of carbonyl (C=O) groups excluding carboxylic acids is 2. The van der Waals surface area contributed by atoms with Crippen molar-refractivity contribution in [2.75, 3.05) is 18.1 Å². The molecular weight excluding hydrogens is 313 g/mol. The Morgan fingerprint density at radius 1 is 1.36 bits per heavy atom. The van der Waals surface area contributed by atoms with Gasteiger partial charge in [0.2, 0.25) is 0 Å². The van der Waals surface area contributed by atoms with E-state index in [-0.39, 0.29) is 17.9 Å². The average Bonchev–Trinajstić information content (AvgIpc) is 2.75. The van der Waals surface area contributed by atoms with E-state index in [9.17, 15) is 22.4 Å². The van der Waals surface area contributed by atoms with Gasteiger partial charge in [-0.3, -0.25) is 9.59 Å². The molecule has 1 fully saturated rings. The molecule has 0 radical (unpaired) electrons. The van der Waals surface area contributed by atoms with Crippen LogP contribution in [0, 0.1) is 5.82 Å². The summed E-state index contributed by atoms with van der Waals surface area (Å²) < 4.78 is 40.2. The summed E-state index contributed by atoms with van der Waals surface area (Å²) in [5.41, 5.74) is 0.451. The predicted octanol–water partition coefficient (Wildman–Crippen LogP) is 0.215. The molecule has 120 valence electrons. The van der Waals surface area contributed by atoms with E-state index in [4.69, 9.17) is 4.74 Å². The summed E-state index contributed by atoms with van der Waals surface area (Å²) >= 11 is 0. The number of hydrogen-bond donors (Lipinski definition) is 1. The van der Waals surface area contributed by atoms with Crippen LogP contribution in [0.3, 0.4) is 0 Å². The molecule has 1 aliphatic heterocycles. The number of ether oxygens (including phenoxy) is 1. The number of hydrogen-bond acceptors (Lipinski definition) is 5. The molecule has 0 bridgehead atoms. The lowest BCUT2D eigenvalue weighted by Crippen LogP contribution is -2.38. The molecule has 22 heavy (non-hydrogen) atoms. The summed E-state index contributed by atoms with van der Waals surface area (Å²) in [4.78, 5) is 23.1. The number of amides is 1. The van der Waals surface area contributed by atoms with Crippen LogP contribution >= 0.6 is 0 Å². The van der Waals surface area contributed by atoms with Crippen molar-refractivity contribution in [2.24, 2.45) is 0 Å². The smallest absolute Gasteiger partial charge is 0.310 e. The molecule has 0 unspecified atom stereocenters. The lowest BCUT2D eigenvalue weighted by molar-refractivity contribution is -0.148. The standard InChI is InChI=1S/C14H16FNO5S/c15-11-3-1-2-10(6-11)7-14(18)21-8-13(17)16-12-4-5-22(19,20)9-12/h1-3,6,12H,4-5,7-9H2,(H,16,17)/t12-/m1/s1. The van der Waals surface area contributed by atoms with Crippen molar-refractivity contribution in [3.8, 4) is 0 Å². The molecule has 0 aliphatic carbocycles. The van der Waals surface area contributed by atoms with Gasteiger partial charge >= 0.3 is 5.97 Å². The molecule has 1 saturated heterocycles. The first-order valence-corrected chi connectivity index (χ1v) is 8.56. The van der Waals surface area contributed by atoms with Gasteiger partial charge in [0.05, 0.1) is 17.9 Å². The third-order valence-electron chi connectivity index (χ3n) is 3.20. The van der Waals surface area contributed by atoms with Crippen LogP contribution in [-0.4, -0.2) is 44.4 Å². The number of esters is 1. The second-order valence-corrected chi connectivity index (χ2v) is 7.36. The molecule has 6 nitrogen and oxygen atoms in total. The van der Waals surface area contributed by atoms with Crippen LogP contribution in [0.1, 0.15) is 12.0 Å². The van der Waals surface area contributed by atoms with E-state index >= 15 is 0 Å². The fraction of sp³-hybridized carbons (Fsp3) is 0.429. The maximum atomic E-state index is 13.0. The Bertz CT molecular complexity index is 674. The first-order valence-electron chi connectivity index (χ1n) is 6.74. The number of carbonyl (C=O) groups is 2. The van der Waals surface area contributed by atoms with E-state index in [1.165, 1.54) is 18.2 Å². The molecular formula is C14H16FNO5S. The molecule has 1 amide bonds. The highest BCUT2D eigenvalue weighted by Gasteiger charge is 2.28. The second kappa shape index (κ2) is 6.87. The van der Waals surface area contributed by atoms with Gasteiger partial charge in [0.15, 0.2) is 16.4 Å². The zero-order valence-corrected chi connectivity index (χ0v) is 12.6. The third kappa shape index (κ3) is 5.10. The summed E-state index contributed by atoms with van der Waals surface area (Å²) in [5, 5.41) is 2.51. The van der Waals surface area contributed by atoms with Crippen molar-refractivity contribution >= 4 is 21.7 Å². The van der Waals surface area contributed by atoms with E-state index in [0.29, 0.717) is 12.0 Å². The normalized spacial score (nSPS) is 19.6. The summed E-state index contributed by atoms with van der Waals surface area (Å²) in [6.07, 6.45) is 0.230. The fourth-order valence-corrected chi connectivity index (χ4v) is 3.86. The van der Waals surface area contributed by atoms with Crippen molar-refractivity contribution in [1.82, 2.24) is 5.32 Å². The van der Waals surface area contributed by atoms with E-state index in [0.717, 1.165) is 0 Å². The van der Waals surface area contributed by atoms with Crippen LogP contribution in [0.5, 0.6) is 0 Å². The Hall–Kier alpha value is -1.96. The highest BCUT2D eigenvalue weighted by atomic mass is 32.2.